The number of nitrogens with one attached hydrogen (secondary N) is 1. The van der Waals surface area contributed by atoms with E-state index in [1.54, 1.807) is 12.1 Å². The van der Waals surface area contributed by atoms with E-state index in [0.29, 0.717) is 23.2 Å². The van der Waals surface area contributed by atoms with Gasteiger partial charge in [-0.05, 0) is 79.2 Å². The first-order valence-electron chi connectivity index (χ1n) is 12.3. The number of aliphatic imine (C=N–C) groups is 1. The van der Waals surface area contributed by atoms with Gasteiger partial charge in [-0.25, -0.2) is 0 Å². The summed E-state index contributed by atoms with van der Waals surface area (Å²) in [7, 11) is 0. The maximum absolute atomic E-state index is 13.6. The number of hydrogen-bond acceptors (Lipinski definition) is 4. The fourth-order valence-corrected chi connectivity index (χ4v) is 6.02. The Bertz CT molecular complexity index is 1150. The minimum absolute atomic E-state index is 0.0193. The van der Waals surface area contributed by atoms with Crippen molar-refractivity contribution in [1.29, 1.82) is 0 Å². The molecule has 6 nitrogen and oxygen atoms in total. The summed E-state index contributed by atoms with van der Waals surface area (Å²) in [5.74, 6) is 0.516. The van der Waals surface area contributed by atoms with Crippen LogP contribution in [0, 0.1) is 30.6 Å². The molecule has 0 aromatic heterocycles. The zero-order chi connectivity index (χ0) is 25.4. The topological polar surface area (TPSA) is 92.2 Å². The number of nitrogens with two attached hydrogens (primary N) is 1. The Labute approximate surface area is 213 Å². The molecular weight excluding hydrogens is 458 g/mol. The highest BCUT2D eigenvalue weighted by Gasteiger charge is 2.60. The van der Waals surface area contributed by atoms with Gasteiger partial charge < -0.3 is 11.1 Å². The number of carbonyl (C=O) groups is 1. The number of carbonyl (C=O) groups excluding carboxylic acids is 1. The van der Waals surface area contributed by atoms with Crippen molar-refractivity contribution in [3.05, 3.63) is 64.2 Å². The number of nitrogens with zero attached hydrogens (tertiary/aromatic N) is 3. The Morgan fingerprint density at radius 3 is 2.51 bits per heavy atom. The van der Waals surface area contributed by atoms with Crippen LogP contribution in [0.15, 0.2) is 57.7 Å². The van der Waals surface area contributed by atoms with E-state index in [9.17, 15) is 4.79 Å². The minimum Gasteiger partial charge on any atom is -0.385 e. The first kappa shape index (κ1) is 25.4. The summed E-state index contributed by atoms with van der Waals surface area (Å²) >= 11 is 6.14. The summed E-state index contributed by atoms with van der Waals surface area (Å²) in [6.45, 7) is 11.1. The molecule has 2 aliphatic carbocycles. The van der Waals surface area contributed by atoms with Gasteiger partial charge in [-0.15, -0.1) is 0 Å². The molecule has 35 heavy (non-hydrogen) atoms. The van der Waals surface area contributed by atoms with Gasteiger partial charge in [-0.2, -0.15) is 10.2 Å². The van der Waals surface area contributed by atoms with Crippen LogP contribution in [0.2, 0.25) is 5.02 Å². The lowest BCUT2D eigenvalue weighted by atomic mass is 9.68. The average Bonchev–Trinajstić information content (AvgIpc) is 3.29. The molecule has 186 valence electrons. The fraction of sp³-hybridized carbons (Fsp3) is 0.500. The number of amidine groups is 1. The van der Waals surface area contributed by atoms with Crippen LogP contribution < -0.4 is 11.1 Å². The molecule has 0 spiro atoms. The van der Waals surface area contributed by atoms with Gasteiger partial charge in [-0.3, -0.25) is 9.79 Å². The second-order valence-corrected chi connectivity index (χ2v) is 11.5. The molecule has 0 aliphatic heterocycles. The number of aryl methyl sites for hydroxylation is 2. The third kappa shape index (κ3) is 5.27. The molecule has 2 aliphatic rings. The molecule has 4 unspecified atom stereocenters. The SMILES string of the molecule is Cc1ccc(C/N=C(\N)C(/N=N/c2ccc(Cl)c(C)c2)C(=O)NC2C3(C)CCC(C3)C2(C)C)cc1. The summed E-state index contributed by atoms with van der Waals surface area (Å²) in [5.41, 5.74) is 10.2. The Kier molecular flexibility index (Phi) is 7.05. The normalized spacial score (nSPS) is 26.3. The van der Waals surface area contributed by atoms with E-state index < -0.39 is 6.04 Å². The summed E-state index contributed by atoms with van der Waals surface area (Å²) in [5, 5.41) is 12.7. The van der Waals surface area contributed by atoms with Gasteiger partial charge in [0.1, 0.15) is 5.84 Å². The van der Waals surface area contributed by atoms with Crippen LogP contribution in [0.1, 0.15) is 56.7 Å². The second kappa shape index (κ2) is 9.73. The van der Waals surface area contributed by atoms with Gasteiger partial charge >= 0.3 is 0 Å². The van der Waals surface area contributed by atoms with Gasteiger partial charge in [0.2, 0.25) is 6.04 Å². The van der Waals surface area contributed by atoms with E-state index in [1.165, 1.54) is 12.0 Å². The van der Waals surface area contributed by atoms with E-state index in [4.69, 9.17) is 17.3 Å². The van der Waals surface area contributed by atoms with E-state index in [1.807, 2.05) is 44.2 Å². The highest BCUT2D eigenvalue weighted by atomic mass is 35.5. The predicted molar refractivity (Wildman–Crippen MR) is 142 cm³/mol. The lowest BCUT2D eigenvalue weighted by molar-refractivity contribution is -0.123. The molecule has 4 rings (SSSR count). The van der Waals surface area contributed by atoms with E-state index >= 15 is 0 Å². The monoisotopic (exact) mass is 493 g/mol. The van der Waals surface area contributed by atoms with Crippen LogP contribution in [0.3, 0.4) is 0 Å². The van der Waals surface area contributed by atoms with Crippen molar-refractivity contribution in [3.63, 3.8) is 0 Å². The number of fused-ring (bicyclic) bond motifs is 2. The smallest absolute Gasteiger partial charge is 0.254 e. The van der Waals surface area contributed by atoms with Gasteiger partial charge in [0, 0.05) is 11.1 Å². The number of benzene rings is 2. The predicted octanol–water partition coefficient (Wildman–Crippen LogP) is 6.30. The Morgan fingerprint density at radius 2 is 1.89 bits per heavy atom. The quantitative estimate of drug-likeness (QED) is 0.269. The minimum atomic E-state index is -1.00. The van der Waals surface area contributed by atoms with Gasteiger partial charge in [-0.1, -0.05) is 62.2 Å². The largest absolute Gasteiger partial charge is 0.385 e. The molecule has 0 heterocycles. The summed E-state index contributed by atoms with van der Waals surface area (Å²) in [6.07, 6.45) is 3.48. The summed E-state index contributed by atoms with van der Waals surface area (Å²) < 4.78 is 0. The Morgan fingerprint density at radius 1 is 1.17 bits per heavy atom. The highest BCUT2D eigenvalue weighted by molar-refractivity contribution is 6.31. The lowest BCUT2D eigenvalue weighted by Gasteiger charge is -2.43. The highest BCUT2D eigenvalue weighted by Crippen LogP contribution is 2.62. The van der Waals surface area contributed by atoms with Crippen molar-refractivity contribution in [2.24, 2.45) is 37.7 Å². The molecule has 1 amide bonds. The van der Waals surface area contributed by atoms with Crippen molar-refractivity contribution in [2.75, 3.05) is 0 Å². The van der Waals surface area contributed by atoms with Crippen molar-refractivity contribution in [1.82, 2.24) is 5.32 Å². The van der Waals surface area contributed by atoms with Crippen LogP contribution in [0.5, 0.6) is 0 Å². The van der Waals surface area contributed by atoms with Crippen LogP contribution in [-0.2, 0) is 11.3 Å². The standard InChI is InChI=1S/C28H36ClN5O/c1-17-6-8-19(9-7-17)16-31-24(30)23(34-33-21-10-11-22(29)18(2)14-21)25(35)32-26-27(3,4)20-12-13-28(26,5)15-20/h6-11,14,20,23,26H,12-13,15-16H2,1-5H3,(H2,30,31)(H,32,35)/b34-33+. The maximum atomic E-state index is 13.6. The Hall–Kier alpha value is -2.73. The van der Waals surface area contributed by atoms with Gasteiger partial charge in [0.15, 0.2) is 0 Å². The molecule has 0 radical (unpaired) electrons. The molecule has 3 N–H and O–H groups in total. The van der Waals surface area contributed by atoms with E-state index in [0.717, 1.165) is 24.0 Å². The third-order valence-electron chi connectivity index (χ3n) is 8.08. The molecule has 7 heteroatoms. The number of rotatable bonds is 7. The van der Waals surface area contributed by atoms with Crippen LogP contribution >= 0.6 is 11.6 Å². The zero-order valence-electron chi connectivity index (χ0n) is 21.3. The van der Waals surface area contributed by atoms with Crippen molar-refractivity contribution in [3.8, 4) is 0 Å². The first-order chi connectivity index (χ1) is 16.5. The van der Waals surface area contributed by atoms with Gasteiger partial charge in [0.25, 0.3) is 5.91 Å². The molecule has 4 atom stereocenters. The molecule has 2 bridgehead atoms. The lowest BCUT2D eigenvalue weighted by Crippen LogP contribution is -2.56. The first-order valence-corrected chi connectivity index (χ1v) is 12.7. The number of halogens is 1. The van der Waals surface area contributed by atoms with Gasteiger partial charge in [0.05, 0.1) is 12.2 Å². The molecule has 0 saturated heterocycles. The van der Waals surface area contributed by atoms with Crippen LogP contribution in [0.25, 0.3) is 0 Å². The van der Waals surface area contributed by atoms with E-state index in [-0.39, 0.29) is 28.6 Å². The number of azo groups is 1. The maximum Gasteiger partial charge on any atom is 0.254 e. The molecule has 2 aromatic rings. The number of amides is 1. The van der Waals surface area contributed by atoms with Crippen LogP contribution in [-0.4, -0.2) is 23.8 Å². The Balaban J connectivity index is 1.59. The molecule has 2 fully saturated rings. The average molecular weight is 494 g/mol. The summed E-state index contributed by atoms with van der Waals surface area (Å²) in [6, 6.07) is 12.5. The van der Waals surface area contributed by atoms with E-state index in [2.05, 4.69) is 41.3 Å². The fourth-order valence-electron chi connectivity index (χ4n) is 5.91. The van der Waals surface area contributed by atoms with Crippen molar-refractivity contribution < 1.29 is 4.79 Å². The molecular formula is C28H36ClN5O. The molecule has 2 aromatic carbocycles. The number of hydrogen-bond donors (Lipinski definition) is 2. The van der Waals surface area contributed by atoms with Crippen molar-refractivity contribution >= 4 is 29.0 Å². The second-order valence-electron chi connectivity index (χ2n) is 11.1. The van der Waals surface area contributed by atoms with Crippen LogP contribution in [0.4, 0.5) is 5.69 Å². The van der Waals surface area contributed by atoms with Crippen molar-refractivity contribution in [2.45, 2.75) is 72.5 Å². The summed E-state index contributed by atoms with van der Waals surface area (Å²) in [4.78, 5) is 18.1. The third-order valence-corrected chi connectivity index (χ3v) is 8.50. The zero-order valence-corrected chi connectivity index (χ0v) is 22.1. The molecule has 2 saturated carbocycles.